The van der Waals surface area contributed by atoms with Gasteiger partial charge in [0.05, 0.1) is 16.3 Å². The number of amides is 2. The second-order valence-electron chi connectivity index (χ2n) is 5.61. The van der Waals surface area contributed by atoms with Crippen LogP contribution in [0.15, 0.2) is 53.9 Å². The minimum Gasteiger partial charge on any atom is -0.324 e. The highest BCUT2D eigenvalue weighted by molar-refractivity contribution is 7.89. The molecule has 0 aliphatic rings. The predicted molar refractivity (Wildman–Crippen MR) is 100 cm³/mol. The third kappa shape index (κ3) is 5.21. The van der Waals surface area contributed by atoms with Crippen LogP contribution in [0.5, 0.6) is 0 Å². The van der Waals surface area contributed by atoms with E-state index in [0.29, 0.717) is 0 Å². The van der Waals surface area contributed by atoms with Crippen LogP contribution in [0.1, 0.15) is 17.3 Å². The number of carbonyl (C=O) groups excluding carboxylic acids is 2. The summed E-state index contributed by atoms with van der Waals surface area (Å²) in [5.74, 6) is -3.65. The largest absolute Gasteiger partial charge is 0.324 e. The van der Waals surface area contributed by atoms with Crippen molar-refractivity contribution in [3.05, 3.63) is 66.3 Å². The monoisotopic (exact) mass is 409 g/mol. The van der Waals surface area contributed by atoms with Crippen LogP contribution in [0.2, 0.25) is 0 Å². The Hall–Kier alpha value is -3.11. The van der Waals surface area contributed by atoms with Gasteiger partial charge in [0.1, 0.15) is 0 Å². The van der Waals surface area contributed by atoms with E-state index in [4.69, 9.17) is 0 Å². The number of rotatable bonds is 7. The molecule has 2 rings (SSSR count). The van der Waals surface area contributed by atoms with Crippen molar-refractivity contribution in [2.45, 2.75) is 11.8 Å². The van der Waals surface area contributed by atoms with E-state index in [9.17, 15) is 26.8 Å². The van der Waals surface area contributed by atoms with Gasteiger partial charge in [0, 0.05) is 31.2 Å². The number of hydrogen-bond acceptors (Lipinski definition) is 4. The SMILES string of the molecule is C=CCNS(=O)(=O)c1ccc(C(=O)Nc2cc(F)c(F)cc2NC(C)=O)cc1. The molecular weight excluding hydrogens is 392 g/mol. The van der Waals surface area contributed by atoms with E-state index in [1.54, 1.807) is 0 Å². The summed E-state index contributed by atoms with van der Waals surface area (Å²) in [7, 11) is -3.75. The molecule has 0 aliphatic carbocycles. The number of nitrogens with one attached hydrogen (secondary N) is 3. The van der Waals surface area contributed by atoms with Crippen molar-refractivity contribution >= 4 is 33.2 Å². The highest BCUT2D eigenvalue weighted by Gasteiger charge is 2.16. The van der Waals surface area contributed by atoms with Crippen LogP contribution in [0.4, 0.5) is 20.2 Å². The van der Waals surface area contributed by atoms with Crippen molar-refractivity contribution in [1.82, 2.24) is 4.72 Å². The van der Waals surface area contributed by atoms with Gasteiger partial charge in [-0.1, -0.05) is 6.08 Å². The molecule has 2 amide bonds. The summed E-state index contributed by atoms with van der Waals surface area (Å²) >= 11 is 0. The normalized spacial score (nSPS) is 11.0. The molecule has 0 heterocycles. The number of sulfonamides is 1. The molecule has 2 aromatic carbocycles. The molecule has 0 atom stereocenters. The van der Waals surface area contributed by atoms with Gasteiger partial charge in [0.15, 0.2) is 11.6 Å². The van der Waals surface area contributed by atoms with Crippen LogP contribution < -0.4 is 15.4 Å². The minimum absolute atomic E-state index is 0.0482. The summed E-state index contributed by atoms with van der Waals surface area (Å²) in [6.45, 7) is 4.64. The lowest BCUT2D eigenvalue weighted by Crippen LogP contribution is -2.23. The van der Waals surface area contributed by atoms with Crippen molar-refractivity contribution in [3.8, 4) is 0 Å². The first-order valence-corrected chi connectivity index (χ1v) is 9.41. The average Bonchev–Trinajstić information content (AvgIpc) is 2.64. The van der Waals surface area contributed by atoms with E-state index in [-0.39, 0.29) is 28.4 Å². The molecule has 0 saturated carbocycles. The number of carbonyl (C=O) groups is 2. The summed E-state index contributed by atoms with van der Waals surface area (Å²) < 4.78 is 53.2. The zero-order valence-corrected chi connectivity index (χ0v) is 15.6. The zero-order valence-electron chi connectivity index (χ0n) is 14.8. The van der Waals surface area contributed by atoms with E-state index < -0.39 is 33.5 Å². The van der Waals surface area contributed by atoms with Gasteiger partial charge in [-0.2, -0.15) is 0 Å². The second-order valence-corrected chi connectivity index (χ2v) is 7.38. The zero-order chi connectivity index (χ0) is 20.9. The Labute approximate surface area is 160 Å². The molecule has 0 unspecified atom stereocenters. The number of benzene rings is 2. The second kappa shape index (κ2) is 8.72. The maximum Gasteiger partial charge on any atom is 0.255 e. The predicted octanol–water partition coefficient (Wildman–Crippen LogP) is 2.64. The fourth-order valence-corrected chi connectivity index (χ4v) is 3.17. The lowest BCUT2D eigenvalue weighted by Gasteiger charge is -2.12. The van der Waals surface area contributed by atoms with Gasteiger partial charge in [-0.15, -0.1) is 6.58 Å². The Morgan fingerprint density at radius 3 is 2.07 bits per heavy atom. The molecule has 3 N–H and O–H groups in total. The van der Waals surface area contributed by atoms with Crippen LogP contribution in [0.25, 0.3) is 0 Å². The lowest BCUT2D eigenvalue weighted by molar-refractivity contribution is -0.114. The highest BCUT2D eigenvalue weighted by atomic mass is 32.2. The molecule has 0 aromatic heterocycles. The van der Waals surface area contributed by atoms with Gasteiger partial charge in [0.25, 0.3) is 5.91 Å². The van der Waals surface area contributed by atoms with E-state index in [2.05, 4.69) is 21.9 Å². The third-order valence-corrected chi connectivity index (χ3v) is 4.90. The molecule has 2 aromatic rings. The summed E-state index contributed by atoms with van der Waals surface area (Å²) in [6.07, 6.45) is 1.38. The first-order valence-electron chi connectivity index (χ1n) is 7.92. The molecule has 10 heteroatoms. The lowest BCUT2D eigenvalue weighted by atomic mass is 10.2. The first kappa shape index (κ1) is 21.2. The molecule has 7 nitrogen and oxygen atoms in total. The van der Waals surface area contributed by atoms with Gasteiger partial charge >= 0.3 is 0 Å². The van der Waals surface area contributed by atoms with E-state index in [1.165, 1.54) is 37.3 Å². The van der Waals surface area contributed by atoms with Gasteiger partial charge in [-0.05, 0) is 24.3 Å². The highest BCUT2D eigenvalue weighted by Crippen LogP contribution is 2.26. The van der Waals surface area contributed by atoms with E-state index >= 15 is 0 Å². The molecule has 0 spiro atoms. The van der Waals surface area contributed by atoms with Gasteiger partial charge in [0.2, 0.25) is 15.9 Å². The number of hydrogen-bond donors (Lipinski definition) is 3. The molecular formula is C18H17F2N3O4S. The topological polar surface area (TPSA) is 104 Å². The summed E-state index contributed by atoms with van der Waals surface area (Å²) in [5.41, 5.74) is -0.197. The molecule has 0 bridgehead atoms. The maximum atomic E-state index is 13.5. The van der Waals surface area contributed by atoms with Gasteiger partial charge in [-0.25, -0.2) is 21.9 Å². The quantitative estimate of drug-likeness (QED) is 0.612. The van der Waals surface area contributed by atoms with E-state index in [1.807, 2.05) is 0 Å². The van der Waals surface area contributed by atoms with Gasteiger partial charge < -0.3 is 10.6 Å². The number of halogens is 2. The first-order chi connectivity index (χ1) is 13.1. The van der Waals surface area contributed by atoms with Crippen molar-refractivity contribution in [2.75, 3.05) is 17.2 Å². The molecule has 0 radical (unpaired) electrons. The molecule has 28 heavy (non-hydrogen) atoms. The Bertz CT molecular complexity index is 1020. The van der Waals surface area contributed by atoms with Crippen molar-refractivity contribution < 1.29 is 26.8 Å². The molecule has 0 fully saturated rings. The van der Waals surface area contributed by atoms with Crippen LogP contribution in [-0.2, 0) is 14.8 Å². The van der Waals surface area contributed by atoms with Crippen LogP contribution >= 0.6 is 0 Å². The Kier molecular flexibility index (Phi) is 6.60. The minimum atomic E-state index is -3.75. The molecule has 148 valence electrons. The summed E-state index contributed by atoms with van der Waals surface area (Å²) in [5, 5.41) is 4.64. The van der Waals surface area contributed by atoms with E-state index in [0.717, 1.165) is 12.1 Å². The summed E-state index contributed by atoms with van der Waals surface area (Å²) in [4.78, 5) is 23.5. The standard InChI is InChI=1S/C18H17F2N3O4S/c1-3-8-21-28(26,27)13-6-4-12(5-7-13)18(25)23-17-10-15(20)14(19)9-16(17)22-11(2)24/h3-7,9-10,21H,1,8H2,2H3,(H,22,24)(H,23,25). The molecule has 0 saturated heterocycles. The third-order valence-electron chi connectivity index (χ3n) is 3.46. The van der Waals surface area contributed by atoms with Crippen molar-refractivity contribution in [1.29, 1.82) is 0 Å². The van der Waals surface area contributed by atoms with Crippen molar-refractivity contribution in [2.24, 2.45) is 0 Å². The fourth-order valence-electron chi connectivity index (χ4n) is 2.18. The fraction of sp³-hybridized carbons (Fsp3) is 0.111. The summed E-state index contributed by atoms with van der Waals surface area (Å²) in [6, 6.07) is 6.44. The Morgan fingerprint density at radius 1 is 1.04 bits per heavy atom. The van der Waals surface area contributed by atoms with Crippen LogP contribution in [0, 0.1) is 11.6 Å². The Morgan fingerprint density at radius 2 is 1.57 bits per heavy atom. The maximum absolute atomic E-state index is 13.5. The van der Waals surface area contributed by atoms with Crippen LogP contribution in [-0.4, -0.2) is 26.8 Å². The average molecular weight is 409 g/mol. The van der Waals surface area contributed by atoms with Crippen molar-refractivity contribution in [3.63, 3.8) is 0 Å². The Balaban J connectivity index is 2.25. The smallest absolute Gasteiger partial charge is 0.255 e. The number of anilines is 2. The van der Waals surface area contributed by atoms with Crippen LogP contribution in [0.3, 0.4) is 0 Å². The molecule has 0 aliphatic heterocycles. The van der Waals surface area contributed by atoms with Gasteiger partial charge in [-0.3, -0.25) is 9.59 Å².